The fourth-order valence-corrected chi connectivity index (χ4v) is 1.43. The van der Waals surface area contributed by atoms with Crippen LogP contribution >= 0.6 is 0 Å². The van der Waals surface area contributed by atoms with Gasteiger partial charge in [-0.3, -0.25) is 4.79 Å². The van der Waals surface area contributed by atoms with Crippen molar-refractivity contribution in [1.82, 2.24) is 5.32 Å². The molecule has 1 amide bonds. The second-order valence-corrected chi connectivity index (χ2v) is 4.87. The molecule has 0 saturated heterocycles. The average molecular weight is 235 g/mol. The standard InChI is InChI=1S/C14H21NO2/c1-4-14(2,3)13(17)15-10-9-11-7-5-6-8-12(11)16/h5-8,16H,4,9-10H2,1-3H3,(H,15,17). The normalized spacial score (nSPS) is 11.2. The minimum Gasteiger partial charge on any atom is -0.508 e. The van der Waals surface area contributed by atoms with E-state index in [9.17, 15) is 9.90 Å². The van der Waals surface area contributed by atoms with Crippen molar-refractivity contribution in [2.45, 2.75) is 33.6 Å². The van der Waals surface area contributed by atoms with Gasteiger partial charge in [-0.1, -0.05) is 39.0 Å². The van der Waals surface area contributed by atoms with Crippen molar-refractivity contribution in [3.8, 4) is 5.75 Å². The SMILES string of the molecule is CCC(C)(C)C(=O)NCCc1ccccc1O. The van der Waals surface area contributed by atoms with Crippen LogP contribution in [0.25, 0.3) is 0 Å². The number of phenols is 1. The zero-order valence-corrected chi connectivity index (χ0v) is 10.8. The molecule has 0 fully saturated rings. The number of carbonyl (C=O) groups excluding carboxylic acids is 1. The third-order valence-electron chi connectivity index (χ3n) is 3.17. The number of para-hydroxylation sites is 1. The minimum absolute atomic E-state index is 0.0652. The number of phenolic OH excluding ortho intramolecular Hbond substituents is 1. The zero-order valence-electron chi connectivity index (χ0n) is 10.8. The molecular formula is C14H21NO2. The highest BCUT2D eigenvalue weighted by Crippen LogP contribution is 2.19. The van der Waals surface area contributed by atoms with Crippen LogP contribution in [0.4, 0.5) is 0 Å². The molecule has 0 aliphatic carbocycles. The summed E-state index contributed by atoms with van der Waals surface area (Å²) in [6, 6.07) is 7.20. The van der Waals surface area contributed by atoms with E-state index in [1.54, 1.807) is 12.1 Å². The molecule has 0 heterocycles. The smallest absolute Gasteiger partial charge is 0.225 e. The van der Waals surface area contributed by atoms with Gasteiger partial charge in [-0.15, -0.1) is 0 Å². The predicted octanol–water partition coefficient (Wildman–Crippen LogP) is 2.49. The van der Waals surface area contributed by atoms with Crippen molar-refractivity contribution in [3.05, 3.63) is 29.8 Å². The quantitative estimate of drug-likeness (QED) is 0.823. The lowest BCUT2D eigenvalue weighted by Crippen LogP contribution is -2.37. The van der Waals surface area contributed by atoms with Gasteiger partial charge in [0.05, 0.1) is 0 Å². The molecule has 3 heteroatoms. The van der Waals surface area contributed by atoms with Crippen molar-refractivity contribution < 1.29 is 9.90 Å². The number of benzene rings is 1. The lowest BCUT2D eigenvalue weighted by Gasteiger charge is -2.21. The van der Waals surface area contributed by atoms with E-state index in [1.807, 2.05) is 32.9 Å². The summed E-state index contributed by atoms with van der Waals surface area (Å²) in [6.45, 7) is 6.42. The Morgan fingerprint density at radius 3 is 2.59 bits per heavy atom. The molecule has 17 heavy (non-hydrogen) atoms. The lowest BCUT2D eigenvalue weighted by molar-refractivity contribution is -0.129. The highest BCUT2D eigenvalue weighted by atomic mass is 16.3. The van der Waals surface area contributed by atoms with Gasteiger partial charge < -0.3 is 10.4 Å². The molecule has 1 aromatic rings. The van der Waals surface area contributed by atoms with Crippen LogP contribution in [0, 0.1) is 5.41 Å². The molecule has 94 valence electrons. The van der Waals surface area contributed by atoms with Crippen LogP contribution in [0.2, 0.25) is 0 Å². The van der Waals surface area contributed by atoms with Crippen LogP contribution in [0.15, 0.2) is 24.3 Å². The molecule has 0 atom stereocenters. The first kappa shape index (κ1) is 13.6. The van der Waals surface area contributed by atoms with Crippen LogP contribution in [0.3, 0.4) is 0 Å². The summed E-state index contributed by atoms with van der Waals surface area (Å²) in [7, 11) is 0. The van der Waals surface area contributed by atoms with Crippen molar-refractivity contribution in [3.63, 3.8) is 0 Å². The molecule has 0 aliphatic rings. The molecule has 0 spiro atoms. The van der Waals surface area contributed by atoms with Gasteiger partial charge in [0.25, 0.3) is 0 Å². The number of hydrogen-bond acceptors (Lipinski definition) is 2. The number of aromatic hydroxyl groups is 1. The van der Waals surface area contributed by atoms with Gasteiger partial charge in [-0.05, 0) is 24.5 Å². The molecular weight excluding hydrogens is 214 g/mol. The summed E-state index contributed by atoms with van der Waals surface area (Å²) in [6.07, 6.45) is 1.47. The number of hydrogen-bond donors (Lipinski definition) is 2. The van der Waals surface area contributed by atoms with E-state index >= 15 is 0 Å². The largest absolute Gasteiger partial charge is 0.508 e. The number of nitrogens with one attached hydrogen (secondary N) is 1. The summed E-state index contributed by atoms with van der Waals surface area (Å²) in [4.78, 5) is 11.8. The van der Waals surface area contributed by atoms with Crippen molar-refractivity contribution >= 4 is 5.91 Å². The van der Waals surface area contributed by atoms with Gasteiger partial charge in [-0.2, -0.15) is 0 Å². The summed E-state index contributed by atoms with van der Waals surface area (Å²) >= 11 is 0. The molecule has 0 saturated carbocycles. The minimum atomic E-state index is -0.321. The number of rotatable bonds is 5. The van der Waals surface area contributed by atoms with Gasteiger partial charge in [0.15, 0.2) is 0 Å². The first-order valence-corrected chi connectivity index (χ1v) is 6.02. The Balaban J connectivity index is 2.44. The highest BCUT2D eigenvalue weighted by Gasteiger charge is 2.24. The monoisotopic (exact) mass is 235 g/mol. The van der Waals surface area contributed by atoms with Crippen molar-refractivity contribution in [2.75, 3.05) is 6.54 Å². The Labute approximate surface area is 103 Å². The lowest BCUT2D eigenvalue weighted by atomic mass is 9.89. The maximum absolute atomic E-state index is 11.8. The van der Waals surface area contributed by atoms with Gasteiger partial charge in [-0.25, -0.2) is 0 Å². The molecule has 0 unspecified atom stereocenters. The van der Waals surface area contributed by atoms with Crippen LogP contribution < -0.4 is 5.32 Å². The van der Waals surface area contributed by atoms with Crippen LogP contribution in [0.5, 0.6) is 5.75 Å². The molecule has 3 nitrogen and oxygen atoms in total. The third-order valence-corrected chi connectivity index (χ3v) is 3.17. The fourth-order valence-electron chi connectivity index (χ4n) is 1.43. The summed E-state index contributed by atoms with van der Waals surface area (Å²) < 4.78 is 0. The average Bonchev–Trinajstić information content (AvgIpc) is 2.31. The first-order valence-electron chi connectivity index (χ1n) is 6.02. The van der Waals surface area contributed by atoms with E-state index in [1.165, 1.54) is 0 Å². The van der Waals surface area contributed by atoms with E-state index < -0.39 is 0 Å². The van der Waals surface area contributed by atoms with Gasteiger partial charge in [0.1, 0.15) is 5.75 Å². The van der Waals surface area contributed by atoms with E-state index in [0.29, 0.717) is 13.0 Å². The second-order valence-electron chi connectivity index (χ2n) is 4.87. The molecule has 0 radical (unpaired) electrons. The molecule has 2 N–H and O–H groups in total. The fraction of sp³-hybridized carbons (Fsp3) is 0.500. The van der Waals surface area contributed by atoms with Gasteiger partial charge >= 0.3 is 0 Å². The Hall–Kier alpha value is -1.51. The molecule has 0 aromatic heterocycles. The van der Waals surface area contributed by atoms with E-state index in [0.717, 1.165) is 12.0 Å². The summed E-state index contributed by atoms with van der Waals surface area (Å²) in [5, 5.41) is 12.5. The van der Waals surface area contributed by atoms with Crippen molar-refractivity contribution in [1.29, 1.82) is 0 Å². The summed E-state index contributed by atoms with van der Waals surface area (Å²) in [5.41, 5.74) is 0.542. The zero-order chi connectivity index (χ0) is 12.9. The summed E-state index contributed by atoms with van der Waals surface area (Å²) in [5.74, 6) is 0.354. The predicted molar refractivity (Wildman–Crippen MR) is 68.9 cm³/mol. The number of carbonyl (C=O) groups is 1. The van der Waals surface area contributed by atoms with E-state index in [2.05, 4.69) is 5.32 Å². The van der Waals surface area contributed by atoms with E-state index in [-0.39, 0.29) is 17.1 Å². The van der Waals surface area contributed by atoms with Crippen molar-refractivity contribution in [2.24, 2.45) is 5.41 Å². The Bertz CT molecular complexity index is 386. The van der Waals surface area contributed by atoms with Crippen LogP contribution in [-0.2, 0) is 11.2 Å². The first-order chi connectivity index (χ1) is 7.97. The maximum atomic E-state index is 11.8. The maximum Gasteiger partial charge on any atom is 0.225 e. The van der Waals surface area contributed by atoms with E-state index in [4.69, 9.17) is 0 Å². The third kappa shape index (κ3) is 3.77. The second kappa shape index (κ2) is 5.71. The van der Waals surface area contributed by atoms with Crippen LogP contribution in [-0.4, -0.2) is 17.6 Å². The molecule has 0 aliphatic heterocycles. The van der Waals surface area contributed by atoms with Gasteiger partial charge in [0.2, 0.25) is 5.91 Å². The topological polar surface area (TPSA) is 49.3 Å². The molecule has 1 rings (SSSR count). The Morgan fingerprint density at radius 1 is 1.35 bits per heavy atom. The molecule has 0 bridgehead atoms. The van der Waals surface area contributed by atoms with Crippen LogP contribution in [0.1, 0.15) is 32.8 Å². The molecule has 1 aromatic carbocycles. The highest BCUT2D eigenvalue weighted by molar-refractivity contribution is 5.81. The number of amides is 1. The van der Waals surface area contributed by atoms with Gasteiger partial charge in [0, 0.05) is 12.0 Å². The Morgan fingerprint density at radius 2 is 2.00 bits per heavy atom. The Kier molecular flexibility index (Phi) is 4.55.